The summed E-state index contributed by atoms with van der Waals surface area (Å²) >= 11 is 12.5. The second-order valence-corrected chi connectivity index (χ2v) is 9.10. The standard InChI is InChI=1S/C21H25Cl2N/c1-20(2,3)21(4)13-24(14-21)19(15-8-6-5-7-9-15)16-10-17(22)12-18(23)11-16/h5-12,19H,13-14H2,1-4H3. The zero-order valence-electron chi connectivity index (χ0n) is 14.8. The van der Waals surface area contributed by atoms with Crippen molar-refractivity contribution in [2.24, 2.45) is 10.8 Å². The highest BCUT2D eigenvalue weighted by Crippen LogP contribution is 2.49. The summed E-state index contributed by atoms with van der Waals surface area (Å²) in [6.45, 7) is 11.5. The van der Waals surface area contributed by atoms with Crippen molar-refractivity contribution in [2.45, 2.75) is 33.7 Å². The van der Waals surface area contributed by atoms with Crippen LogP contribution >= 0.6 is 23.2 Å². The Balaban J connectivity index is 1.96. The van der Waals surface area contributed by atoms with Gasteiger partial charge in [0, 0.05) is 23.1 Å². The second kappa shape index (κ2) is 6.37. The van der Waals surface area contributed by atoms with Gasteiger partial charge in [-0.1, -0.05) is 81.2 Å². The van der Waals surface area contributed by atoms with Crippen LogP contribution in [-0.2, 0) is 0 Å². The molecule has 0 aromatic heterocycles. The number of benzene rings is 2. The fourth-order valence-electron chi connectivity index (χ4n) is 3.49. The van der Waals surface area contributed by atoms with Gasteiger partial charge in [-0.25, -0.2) is 0 Å². The van der Waals surface area contributed by atoms with E-state index in [2.05, 4.69) is 62.9 Å². The van der Waals surface area contributed by atoms with Crippen molar-refractivity contribution in [3.63, 3.8) is 0 Å². The lowest BCUT2D eigenvalue weighted by Crippen LogP contribution is -2.61. The Morgan fingerprint density at radius 1 is 0.917 bits per heavy atom. The van der Waals surface area contributed by atoms with Crippen molar-refractivity contribution in [3.8, 4) is 0 Å². The van der Waals surface area contributed by atoms with Gasteiger partial charge >= 0.3 is 0 Å². The van der Waals surface area contributed by atoms with E-state index < -0.39 is 0 Å². The molecule has 24 heavy (non-hydrogen) atoms. The second-order valence-electron chi connectivity index (χ2n) is 8.23. The van der Waals surface area contributed by atoms with E-state index in [1.807, 2.05) is 12.1 Å². The molecule has 0 amide bonds. The number of nitrogens with zero attached hydrogens (tertiary/aromatic N) is 1. The van der Waals surface area contributed by atoms with E-state index in [-0.39, 0.29) is 11.5 Å². The summed E-state index contributed by atoms with van der Waals surface area (Å²) in [7, 11) is 0. The molecular formula is C21H25Cl2N. The van der Waals surface area contributed by atoms with Crippen LogP contribution in [0.25, 0.3) is 0 Å². The third-order valence-electron chi connectivity index (χ3n) is 5.60. The van der Waals surface area contributed by atoms with Crippen molar-refractivity contribution in [3.05, 3.63) is 69.7 Å². The Kier molecular flexibility index (Phi) is 4.72. The molecule has 1 aliphatic heterocycles. The molecule has 0 bridgehead atoms. The lowest BCUT2D eigenvalue weighted by Gasteiger charge is -2.58. The number of rotatable bonds is 3. The highest BCUT2D eigenvalue weighted by atomic mass is 35.5. The molecule has 1 saturated heterocycles. The van der Waals surface area contributed by atoms with Gasteiger partial charge in [0.1, 0.15) is 0 Å². The summed E-state index contributed by atoms with van der Waals surface area (Å²) in [5.41, 5.74) is 3.06. The van der Waals surface area contributed by atoms with Gasteiger partial charge < -0.3 is 0 Å². The zero-order valence-corrected chi connectivity index (χ0v) is 16.3. The first-order valence-electron chi connectivity index (χ1n) is 8.45. The third kappa shape index (κ3) is 3.35. The fourth-order valence-corrected chi connectivity index (χ4v) is 4.03. The number of hydrogen-bond acceptors (Lipinski definition) is 1. The maximum atomic E-state index is 6.27. The molecule has 2 aromatic carbocycles. The van der Waals surface area contributed by atoms with E-state index in [0.717, 1.165) is 18.7 Å². The third-order valence-corrected chi connectivity index (χ3v) is 6.03. The number of halogens is 2. The summed E-state index contributed by atoms with van der Waals surface area (Å²) in [5.74, 6) is 0. The number of hydrogen-bond donors (Lipinski definition) is 0. The van der Waals surface area contributed by atoms with E-state index in [4.69, 9.17) is 23.2 Å². The minimum atomic E-state index is 0.192. The highest BCUT2D eigenvalue weighted by molar-refractivity contribution is 6.34. The Hall–Kier alpha value is -1.02. The van der Waals surface area contributed by atoms with Crippen molar-refractivity contribution >= 4 is 23.2 Å². The quantitative estimate of drug-likeness (QED) is 0.606. The Morgan fingerprint density at radius 3 is 1.96 bits per heavy atom. The predicted molar refractivity (Wildman–Crippen MR) is 104 cm³/mol. The Labute approximate surface area is 155 Å². The van der Waals surface area contributed by atoms with Crippen LogP contribution in [0, 0.1) is 10.8 Å². The molecule has 2 aromatic rings. The van der Waals surface area contributed by atoms with Crippen LogP contribution in [0.15, 0.2) is 48.5 Å². The van der Waals surface area contributed by atoms with E-state index in [0.29, 0.717) is 15.5 Å². The molecule has 1 aliphatic rings. The molecule has 1 fully saturated rings. The molecule has 0 radical (unpaired) electrons. The predicted octanol–water partition coefficient (Wildman–Crippen LogP) is 6.45. The minimum absolute atomic E-state index is 0.192. The van der Waals surface area contributed by atoms with Gasteiger partial charge in [-0.3, -0.25) is 4.90 Å². The molecule has 3 rings (SSSR count). The summed E-state index contributed by atoms with van der Waals surface area (Å²) in [6.07, 6.45) is 0. The highest BCUT2D eigenvalue weighted by Gasteiger charge is 2.49. The summed E-state index contributed by atoms with van der Waals surface area (Å²) in [6, 6.07) is 16.7. The van der Waals surface area contributed by atoms with E-state index in [1.165, 1.54) is 5.56 Å². The molecule has 0 aliphatic carbocycles. The monoisotopic (exact) mass is 361 g/mol. The average molecular weight is 362 g/mol. The topological polar surface area (TPSA) is 3.24 Å². The van der Waals surface area contributed by atoms with Gasteiger partial charge in [0.2, 0.25) is 0 Å². The average Bonchev–Trinajstić information content (AvgIpc) is 2.44. The first-order valence-corrected chi connectivity index (χ1v) is 9.20. The van der Waals surface area contributed by atoms with Gasteiger partial charge in [0.25, 0.3) is 0 Å². The van der Waals surface area contributed by atoms with Gasteiger partial charge in [0.15, 0.2) is 0 Å². The van der Waals surface area contributed by atoms with Gasteiger partial charge in [-0.2, -0.15) is 0 Å². The van der Waals surface area contributed by atoms with Crippen LogP contribution < -0.4 is 0 Å². The van der Waals surface area contributed by atoms with E-state index >= 15 is 0 Å². The van der Waals surface area contributed by atoms with Crippen LogP contribution in [0.2, 0.25) is 10.0 Å². The first kappa shape index (κ1) is 17.8. The van der Waals surface area contributed by atoms with Gasteiger partial charge in [-0.05, 0) is 40.2 Å². The van der Waals surface area contributed by atoms with E-state index in [9.17, 15) is 0 Å². The maximum Gasteiger partial charge on any atom is 0.0603 e. The first-order chi connectivity index (χ1) is 11.2. The molecule has 0 spiro atoms. The van der Waals surface area contributed by atoms with Crippen LogP contribution in [0.5, 0.6) is 0 Å². The lowest BCUT2D eigenvalue weighted by atomic mass is 9.62. The van der Waals surface area contributed by atoms with Crippen LogP contribution in [-0.4, -0.2) is 18.0 Å². The SMILES string of the molecule is CC(C)(C)C1(C)CN(C(c2ccccc2)c2cc(Cl)cc(Cl)c2)C1. The molecule has 1 nitrogen and oxygen atoms in total. The van der Waals surface area contributed by atoms with Gasteiger partial charge in [-0.15, -0.1) is 0 Å². The van der Waals surface area contributed by atoms with E-state index in [1.54, 1.807) is 6.07 Å². The van der Waals surface area contributed by atoms with Crippen molar-refractivity contribution in [2.75, 3.05) is 13.1 Å². The molecule has 1 atom stereocenters. The lowest BCUT2D eigenvalue weighted by molar-refractivity contribution is -0.0813. The maximum absolute atomic E-state index is 6.27. The molecule has 0 N–H and O–H groups in total. The van der Waals surface area contributed by atoms with Crippen molar-refractivity contribution in [1.82, 2.24) is 4.90 Å². The van der Waals surface area contributed by atoms with Crippen molar-refractivity contribution < 1.29 is 0 Å². The smallest absolute Gasteiger partial charge is 0.0603 e. The summed E-state index contributed by atoms with van der Waals surface area (Å²) < 4.78 is 0. The van der Waals surface area contributed by atoms with Crippen molar-refractivity contribution in [1.29, 1.82) is 0 Å². The molecular weight excluding hydrogens is 337 g/mol. The van der Waals surface area contributed by atoms with Crippen LogP contribution in [0.4, 0.5) is 0 Å². The van der Waals surface area contributed by atoms with Crippen LogP contribution in [0.1, 0.15) is 44.9 Å². The normalized spacial score (nSPS) is 18.9. The van der Waals surface area contributed by atoms with Crippen LogP contribution in [0.3, 0.4) is 0 Å². The summed E-state index contributed by atoms with van der Waals surface area (Å²) in [4.78, 5) is 2.53. The zero-order chi connectivity index (χ0) is 17.5. The molecule has 1 heterocycles. The number of likely N-dealkylation sites (tertiary alicyclic amines) is 1. The Bertz CT molecular complexity index is 692. The molecule has 0 saturated carbocycles. The minimum Gasteiger partial charge on any atom is -0.291 e. The summed E-state index contributed by atoms with van der Waals surface area (Å²) in [5, 5.41) is 1.38. The molecule has 128 valence electrons. The fraction of sp³-hybridized carbons (Fsp3) is 0.429. The molecule has 3 heteroatoms. The Morgan fingerprint density at radius 2 is 1.46 bits per heavy atom. The largest absolute Gasteiger partial charge is 0.291 e. The molecule has 1 unspecified atom stereocenters. The van der Waals surface area contributed by atoms with Gasteiger partial charge in [0.05, 0.1) is 6.04 Å².